The molecule has 1 aromatic carbocycles. The summed E-state index contributed by atoms with van der Waals surface area (Å²) < 4.78 is 12.7. The number of carbonyl (C=O) groups excluding carboxylic acids is 1. The van der Waals surface area contributed by atoms with E-state index in [0.717, 1.165) is 9.88 Å². The van der Waals surface area contributed by atoms with Crippen molar-refractivity contribution in [1.29, 1.82) is 0 Å². The number of amides is 1. The third-order valence-electron chi connectivity index (χ3n) is 2.29. The molecule has 1 amide bonds. The van der Waals surface area contributed by atoms with Gasteiger partial charge in [-0.15, -0.1) is 11.3 Å². The monoisotopic (exact) mass is 294 g/mol. The van der Waals surface area contributed by atoms with Crippen molar-refractivity contribution in [3.63, 3.8) is 0 Å². The van der Waals surface area contributed by atoms with Crippen molar-refractivity contribution in [2.45, 2.75) is 6.92 Å². The number of anilines is 2. The predicted octanol–water partition coefficient (Wildman–Crippen LogP) is 3.57. The lowest BCUT2D eigenvalue weighted by Gasteiger charge is -2.07. The van der Waals surface area contributed by atoms with E-state index in [1.165, 1.54) is 35.6 Å². The molecule has 0 fully saturated rings. The number of thiocarbonyl (C=S) groups is 1. The zero-order valence-electron chi connectivity index (χ0n) is 10.1. The van der Waals surface area contributed by atoms with Crippen LogP contribution < -0.4 is 10.6 Å². The van der Waals surface area contributed by atoms with Crippen molar-refractivity contribution >= 4 is 45.1 Å². The summed E-state index contributed by atoms with van der Waals surface area (Å²) in [6.07, 6.45) is 0. The van der Waals surface area contributed by atoms with E-state index in [1.807, 2.05) is 19.1 Å². The van der Waals surface area contributed by atoms with Gasteiger partial charge in [-0.3, -0.25) is 4.79 Å². The molecular formula is C13H11FN2OS2. The third-order valence-corrected chi connectivity index (χ3v) is 3.49. The maximum Gasteiger partial charge on any atom is 0.283 e. The summed E-state index contributed by atoms with van der Waals surface area (Å²) in [5.41, 5.74) is 0.498. The molecular weight excluding hydrogens is 283 g/mol. The molecule has 0 aliphatic heterocycles. The highest BCUT2D eigenvalue weighted by Gasteiger charge is 2.10. The fourth-order valence-corrected chi connectivity index (χ4v) is 2.39. The number of hydrogen-bond acceptors (Lipinski definition) is 3. The number of benzene rings is 1. The van der Waals surface area contributed by atoms with Gasteiger partial charge in [-0.1, -0.05) is 12.2 Å². The first-order valence-corrected chi connectivity index (χ1v) is 6.71. The molecule has 98 valence electrons. The Bertz CT molecular complexity index is 607. The molecule has 0 bridgehead atoms. The van der Waals surface area contributed by atoms with Crippen LogP contribution in [-0.4, -0.2) is 10.9 Å². The van der Waals surface area contributed by atoms with Crippen molar-refractivity contribution in [2.75, 3.05) is 10.6 Å². The van der Waals surface area contributed by atoms with Crippen molar-refractivity contribution in [3.05, 3.63) is 47.1 Å². The van der Waals surface area contributed by atoms with E-state index in [-0.39, 0.29) is 10.8 Å². The molecule has 19 heavy (non-hydrogen) atoms. The molecule has 0 radical (unpaired) electrons. The summed E-state index contributed by atoms with van der Waals surface area (Å²) in [7, 11) is 0. The minimum atomic E-state index is -0.423. The Morgan fingerprint density at radius 2 is 1.84 bits per heavy atom. The Morgan fingerprint density at radius 3 is 2.42 bits per heavy atom. The molecule has 2 aromatic rings. The molecule has 0 aliphatic carbocycles. The normalized spacial score (nSPS) is 10.0. The Balaban J connectivity index is 1.96. The van der Waals surface area contributed by atoms with Crippen molar-refractivity contribution in [3.8, 4) is 0 Å². The van der Waals surface area contributed by atoms with Crippen molar-refractivity contribution in [2.24, 2.45) is 0 Å². The standard InChI is InChI=1S/C13H11FN2OS2/c1-8-2-7-11(19-8)16-13(18)12(17)15-10-5-3-9(14)4-6-10/h2-7H,1H3,(H,15,17)(H,16,18). The summed E-state index contributed by atoms with van der Waals surface area (Å²) in [6, 6.07) is 9.30. The van der Waals surface area contributed by atoms with Crippen LogP contribution in [-0.2, 0) is 4.79 Å². The number of hydrogen-bond donors (Lipinski definition) is 2. The number of halogens is 1. The van der Waals surface area contributed by atoms with Gasteiger partial charge < -0.3 is 10.6 Å². The molecule has 0 saturated heterocycles. The second-order valence-corrected chi connectivity index (χ2v) is 5.52. The minimum Gasteiger partial charge on any atom is -0.334 e. The zero-order valence-corrected chi connectivity index (χ0v) is 11.7. The van der Waals surface area contributed by atoms with Gasteiger partial charge in [0.25, 0.3) is 5.91 Å². The van der Waals surface area contributed by atoms with Crippen LogP contribution in [0.5, 0.6) is 0 Å². The molecule has 2 rings (SSSR count). The van der Waals surface area contributed by atoms with Crippen molar-refractivity contribution in [1.82, 2.24) is 0 Å². The fraction of sp³-hybridized carbons (Fsp3) is 0.0769. The molecule has 1 heterocycles. The molecule has 6 heteroatoms. The molecule has 0 atom stereocenters. The van der Waals surface area contributed by atoms with Crippen LogP contribution >= 0.6 is 23.6 Å². The highest BCUT2D eigenvalue weighted by atomic mass is 32.1. The van der Waals surface area contributed by atoms with Gasteiger partial charge in [0.15, 0.2) is 4.99 Å². The smallest absolute Gasteiger partial charge is 0.283 e. The average molecular weight is 294 g/mol. The lowest BCUT2D eigenvalue weighted by atomic mass is 10.3. The van der Waals surface area contributed by atoms with Gasteiger partial charge in [0.05, 0.1) is 5.00 Å². The summed E-state index contributed by atoms with van der Waals surface area (Å²) in [4.78, 5) is 13.0. The van der Waals surface area contributed by atoms with Gasteiger partial charge in [0.2, 0.25) is 0 Å². The number of thiophene rings is 1. The lowest BCUT2D eigenvalue weighted by molar-refractivity contribution is -0.110. The van der Waals surface area contributed by atoms with E-state index in [4.69, 9.17) is 12.2 Å². The first-order valence-electron chi connectivity index (χ1n) is 5.49. The quantitative estimate of drug-likeness (QED) is 0.832. The van der Waals surface area contributed by atoms with Crippen LogP contribution in [0.3, 0.4) is 0 Å². The van der Waals surface area contributed by atoms with E-state index < -0.39 is 5.91 Å². The highest BCUT2D eigenvalue weighted by Crippen LogP contribution is 2.20. The first-order chi connectivity index (χ1) is 9.04. The summed E-state index contributed by atoms with van der Waals surface area (Å²) in [5.74, 6) is -0.777. The van der Waals surface area contributed by atoms with E-state index in [2.05, 4.69) is 10.6 Å². The molecule has 0 saturated carbocycles. The Kier molecular flexibility index (Phi) is 4.24. The first kappa shape index (κ1) is 13.6. The predicted molar refractivity (Wildman–Crippen MR) is 80.3 cm³/mol. The second kappa shape index (κ2) is 5.90. The lowest BCUT2D eigenvalue weighted by Crippen LogP contribution is -2.27. The highest BCUT2D eigenvalue weighted by molar-refractivity contribution is 7.82. The van der Waals surface area contributed by atoms with Crippen LogP contribution in [0.25, 0.3) is 0 Å². The number of carbonyl (C=O) groups is 1. The van der Waals surface area contributed by atoms with Gasteiger partial charge >= 0.3 is 0 Å². The van der Waals surface area contributed by atoms with E-state index in [1.54, 1.807) is 0 Å². The Morgan fingerprint density at radius 1 is 1.16 bits per heavy atom. The Labute approximate surface area is 119 Å². The molecule has 1 aromatic heterocycles. The third kappa shape index (κ3) is 3.84. The minimum absolute atomic E-state index is 0.0752. The second-order valence-electron chi connectivity index (χ2n) is 3.83. The molecule has 0 unspecified atom stereocenters. The van der Waals surface area contributed by atoms with Crippen LogP contribution in [0.2, 0.25) is 0 Å². The summed E-state index contributed by atoms with van der Waals surface area (Å²) in [5, 5.41) is 6.27. The fourth-order valence-electron chi connectivity index (χ4n) is 1.39. The molecule has 0 spiro atoms. The van der Waals surface area contributed by atoms with Crippen LogP contribution in [0, 0.1) is 12.7 Å². The van der Waals surface area contributed by atoms with Gasteiger partial charge in [0.1, 0.15) is 5.82 Å². The SMILES string of the molecule is Cc1ccc(NC(=S)C(=O)Nc2ccc(F)cc2)s1. The van der Waals surface area contributed by atoms with Gasteiger partial charge in [-0.2, -0.15) is 0 Å². The van der Waals surface area contributed by atoms with E-state index in [9.17, 15) is 9.18 Å². The average Bonchev–Trinajstić information content (AvgIpc) is 2.77. The van der Waals surface area contributed by atoms with E-state index >= 15 is 0 Å². The summed E-state index contributed by atoms with van der Waals surface area (Å²) in [6.45, 7) is 1.97. The topological polar surface area (TPSA) is 41.1 Å². The van der Waals surface area contributed by atoms with Crippen molar-refractivity contribution < 1.29 is 9.18 Å². The number of nitrogens with one attached hydrogen (secondary N) is 2. The number of aryl methyl sites for hydroxylation is 1. The maximum atomic E-state index is 12.7. The Hall–Kier alpha value is -1.79. The van der Waals surface area contributed by atoms with Gasteiger partial charge in [-0.25, -0.2) is 4.39 Å². The number of rotatable bonds is 2. The van der Waals surface area contributed by atoms with Crippen LogP contribution in [0.4, 0.5) is 15.1 Å². The largest absolute Gasteiger partial charge is 0.334 e. The zero-order chi connectivity index (χ0) is 13.8. The summed E-state index contributed by atoms with van der Waals surface area (Å²) >= 11 is 6.52. The van der Waals surface area contributed by atoms with Gasteiger partial charge in [0, 0.05) is 10.6 Å². The van der Waals surface area contributed by atoms with Crippen LogP contribution in [0.15, 0.2) is 36.4 Å². The molecule has 2 N–H and O–H groups in total. The van der Waals surface area contributed by atoms with E-state index in [0.29, 0.717) is 5.69 Å². The molecule has 3 nitrogen and oxygen atoms in total. The van der Waals surface area contributed by atoms with Crippen LogP contribution in [0.1, 0.15) is 4.88 Å². The molecule has 0 aliphatic rings. The maximum absolute atomic E-state index is 12.7. The van der Waals surface area contributed by atoms with Gasteiger partial charge in [-0.05, 0) is 43.3 Å².